The van der Waals surface area contributed by atoms with E-state index in [0.717, 1.165) is 17.9 Å². The third kappa shape index (κ3) is 2.14. The monoisotopic (exact) mass is 189 g/mol. The van der Waals surface area contributed by atoms with Crippen LogP contribution in [0.5, 0.6) is 0 Å². The van der Waals surface area contributed by atoms with Crippen molar-refractivity contribution in [3.8, 4) is 0 Å². The summed E-state index contributed by atoms with van der Waals surface area (Å²) in [5.41, 5.74) is -0.00222. The Bertz CT molecular complexity index is 166. The molecule has 1 atom stereocenters. The lowest BCUT2D eigenvalue weighted by molar-refractivity contribution is -0.142. The molecule has 1 rings (SSSR count). The fourth-order valence-corrected chi connectivity index (χ4v) is 2.84. The van der Waals surface area contributed by atoms with E-state index in [4.69, 9.17) is 0 Å². The van der Waals surface area contributed by atoms with Gasteiger partial charge in [-0.3, -0.25) is 4.79 Å². The van der Waals surface area contributed by atoms with Gasteiger partial charge in [0, 0.05) is 11.3 Å². The van der Waals surface area contributed by atoms with Crippen LogP contribution in [0, 0.1) is 0 Å². The van der Waals surface area contributed by atoms with E-state index in [-0.39, 0.29) is 11.5 Å². The molecular formula is C8H15NO2S. The fraction of sp³-hybridized carbons (Fsp3) is 0.875. The van der Waals surface area contributed by atoms with E-state index in [2.05, 4.69) is 10.1 Å². The second kappa shape index (κ2) is 4.14. The maximum absolute atomic E-state index is 11.1. The Kier molecular flexibility index (Phi) is 3.40. The number of rotatable bonds is 3. The lowest BCUT2D eigenvalue weighted by Gasteiger charge is -2.25. The predicted octanol–water partition coefficient (Wildman–Crippen LogP) is 0.645. The second-order valence-electron chi connectivity index (χ2n) is 3.09. The van der Waals surface area contributed by atoms with Gasteiger partial charge in [0.2, 0.25) is 0 Å². The molecule has 0 saturated carbocycles. The Morgan fingerprint density at radius 1 is 1.75 bits per heavy atom. The van der Waals surface area contributed by atoms with Crippen LogP contribution in [0.1, 0.15) is 12.8 Å². The average Bonchev–Trinajstić information content (AvgIpc) is 2.54. The van der Waals surface area contributed by atoms with Gasteiger partial charge in [-0.1, -0.05) is 0 Å². The first-order valence-corrected chi connectivity index (χ1v) is 5.21. The van der Waals surface area contributed by atoms with Gasteiger partial charge in [-0.05, 0) is 19.2 Å². The molecular weight excluding hydrogens is 174 g/mol. The van der Waals surface area contributed by atoms with Gasteiger partial charge in [0.1, 0.15) is 0 Å². The molecule has 1 fully saturated rings. The molecule has 1 heterocycles. The second-order valence-corrected chi connectivity index (χ2v) is 4.19. The van der Waals surface area contributed by atoms with Gasteiger partial charge in [-0.15, -0.1) is 0 Å². The molecule has 0 bridgehead atoms. The Hall–Kier alpha value is -0.220. The minimum absolute atomic E-state index is 0.00222. The van der Waals surface area contributed by atoms with Crippen molar-refractivity contribution in [2.24, 2.45) is 0 Å². The van der Waals surface area contributed by atoms with E-state index in [1.165, 1.54) is 7.11 Å². The van der Waals surface area contributed by atoms with Crippen molar-refractivity contribution < 1.29 is 9.53 Å². The molecule has 1 saturated heterocycles. The zero-order chi connectivity index (χ0) is 9.03. The predicted molar refractivity (Wildman–Crippen MR) is 50.4 cm³/mol. The van der Waals surface area contributed by atoms with Gasteiger partial charge in [0.25, 0.3) is 0 Å². The number of hydrogen-bond donors (Lipinski definition) is 1. The largest absolute Gasteiger partial charge is 0.469 e. The van der Waals surface area contributed by atoms with Crippen molar-refractivity contribution in [1.82, 2.24) is 5.32 Å². The van der Waals surface area contributed by atoms with Crippen molar-refractivity contribution in [1.29, 1.82) is 0 Å². The quantitative estimate of drug-likeness (QED) is 0.661. The highest BCUT2D eigenvalue weighted by molar-refractivity contribution is 7.99. The Balaban J connectivity index is 2.49. The van der Waals surface area contributed by atoms with Crippen LogP contribution in [0.3, 0.4) is 0 Å². The van der Waals surface area contributed by atoms with E-state index in [0.29, 0.717) is 6.42 Å². The highest BCUT2D eigenvalue weighted by Crippen LogP contribution is 2.30. The molecule has 70 valence electrons. The summed E-state index contributed by atoms with van der Waals surface area (Å²) in [7, 11) is 3.35. The molecule has 1 unspecified atom stereocenters. The zero-order valence-electron chi connectivity index (χ0n) is 7.55. The third-order valence-corrected chi connectivity index (χ3v) is 3.59. The summed E-state index contributed by atoms with van der Waals surface area (Å²) < 4.78 is 4.65. The maximum atomic E-state index is 11.1. The van der Waals surface area contributed by atoms with Gasteiger partial charge >= 0.3 is 5.97 Å². The summed E-state index contributed by atoms with van der Waals surface area (Å²) in [5, 5.41) is 3.22. The lowest BCUT2D eigenvalue weighted by atomic mass is 9.95. The molecule has 1 aliphatic heterocycles. The minimum Gasteiger partial charge on any atom is -0.469 e. The average molecular weight is 189 g/mol. The maximum Gasteiger partial charge on any atom is 0.307 e. The van der Waals surface area contributed by atoms with Crippen LogP contribution < -0.4 is 5.32 Å². The number of methoxy groups -OCH3 is 1. The highest BCUT2D eigenvalue weighted by atomic mass is 32.2. The zero-order valence-corrected chi connectivity index (χ0v) is 8.37. The summed E-state index contributed by atoms with van der Waals surface area (Å²) >= 11 is 1.89. The molecule has 0 radical (unpaired) electrons. The van der Waals surface area contributed by atoms with Crippen molar-refractivity contribution >= 4 is 17.7 Å². The van der Waals surface area contributed by atoms with Gasteiger partial charge in [-0.25, -0.2) is 0 Å². The first-order chi connectivity index (χ1) is 5.72. The van der Waals surface area contributed by atoms with Crippen LogP contribution in [0.25, 0.3) is 0 Å². The molecule has 4 heteroatoms. The summed E-state index contributed by atoms with van der Waals surface area (Å²) in [6.07, 6.45) is 1.55. The van der Waals surface area contributed by atoms with Crippen LogP contribution in [-0.2, 0) is 9.53 Å². The van der Waals surface area contributed by atoms with Crippen LogP contribution in [-0.4, -0.2) is 37.2 Å². The smallest absolute Gasteiger partial charge is 0.307 e. The molecule has 0 aromatic heterocycles. The number of ether oxygens (including phenoxy) is 1. The summed E-state index contributed by atoms with van der Waals surface area (Å²) in [4.78, 5) is 11.1. The van der Waals surface area contributed by atoms with Crippen LogP contribution in [0.4, 0.5) is 0 Å². The number of carbonyl (C=O) groups excluding carboxylic acids is 1. The van der Waals surface area contributed by atoms with E-state index < -0.39 is 0 Å². The summed E-state index contributed by atoms with van der Waals surface area (Å²) in [5.74, 6) is 2.03. The molecule has 1 aliphatic rings. The van der Waals surface area contributed by atoms with Crippen molar-refractivity contribution in [2.75, 3.05) is 25.7 Å². The molecule has 1 N–H and O–H groups in total. The molecule has 0 amide bonds. The summed E-state index contributed by atoms with van der Waals surface area (Å²) in [6.45, 7) is 0. The van der Waals surface area contributed by atoms with Gasteiger partial charge < -0.3 is 10.1 Å². The van der Waals surface area contributed by atoms with Crippen LogP contribution >= 0.6 is 11.8 Å². The number of hydrogen-bond acceptors (Lipinski definition) is 4. The molecule has 3 nitrogen and oxygen atoms in total. The first-order valence-electron chi connectivity index (χ1n) is 4.06. The topological polar surface area (TPSA) is 38.3 Å². The van der Waals surface area contributed by atoms with Crippen LogP contribution in [0.15, 0.2) is 0 Å². The summed E-state index contributed by atoms with van der Waals surface area (Å²) in [6, 6.07) is 0. The lowest BCUT2D eigenvalue weighted by Crippen LogP contribution is -2.45. The van der Waals surface area contributed by atoms with E-state index in [1.807, 2.05) is 18.8 Å². The first kappa shape index (κ1) is 9.86. The van der Waals surface area contributed by atoms with E-state index >= 15 is 0 Å². The normalized spacial score (nSPS) is 28.8. The number of carbonyl (C=O) groups is 1. The van der Waals surface area contributed by atoms with E-state index in [1.54, 1.807) is 0 Å². The van der Waals surface area contributed by atoms with Crippen molar-refractivity contribution in [3.63, 3.8) is 0 Å². The highest BCUT2D eigenvalue weighted by Gasteiger charge is 2.35. The standard InChI is InChI=1S/C8H15NO2S/c1-9-8(3-4-12-6-8)5-7(10)11-2/h9H,3-6H2,1-2H3. The SMILES string of the molecule is CNC1(CC(=O)OC)CCSC1. The Labute approximate surface area is 77.2 Å². The Morgan fingerprint density at radius 2 is 2.50 bits per heavy atom. The molecule has 12 heavy (non-hydrogen) atoms. The van der Waals surface area contributed by atoms with Crippen molar-refractivity contribution in [2.45, 2.75) is 18.4 Å². The van der Waals surface area contributed by atoms with Gasteiger partial charge in [-0.2, -0.15) is 11.8 Å². The van der Waals surface area contributed by atoms with Gasteiger partial charge in [0.15, 0.2) is 0 Å². The molecule has 0 aromatic carbocycles. The van der Waals surface area contributed by atoms with Gasteiger partial charge in [0.05, 0.1) is 13.5 Å². The number of thioether (sulfide) groups is 1. The van der Waals surface area contributed by atoms with Crippen LogP contribution in [0.2, 0.25) is 0 Å². The van der Waals surface area contributed by atoms with Crippen molar-refractivity contribution in [3.05, 3.63) is 0 Å². The fourth-order valence-electron chi connectivity index (χ4n) is 1.38. The number of esters is 1. The third-order valence-electron chi connectivity index (χ3n) is 2.34. The molecule has 0 spiro atoms. The van der Waals surface area contributed by atoms with E-state index in [9.17, 15) is 4.79 Å². The molecule has 0 aliphatic carbocycles. The molecule has 0 aromatic rings. The minimum atomic E-state index is -0.119. The number of nitrogens with one attached hydrogen (secondary N) is 1. The Morgan fingerprint density at radius 3 is 2.92 bits per heavy atom.